The van der Waals surface area contributed by atoms with Gasteiger partial charge in [-0.05, 0) is 18.3 Å². The lowest BCUT2D eigenvalue weighted by atomic mass is 9.47. The number of esters is 1. The molecule has 2 aliphatic heterocycles. The van der Waals surface area contributed by atoms with E-state index in [1.54, 1.807) is 14.2 Å². The van der Waals surface area contributed by atoms with E-state index in [0.717, 1.165) is 12.8 Å². The first-order chi connectivity index (χ1) is 11.5. The van der Waals surface area contributed by atoms with Gasteiger partial charge in [0.15, 0.2) is 6.29 Å². The van der Waals surface area contributed by atoms with Crippen LogP contribution in [0, 0.1) is 28.6 Å². The highest BCUT2D eigenvalue weighted by molar-refractivity contribution is 5.82. The van der Waals surface area contributed by atoms with Crippen molar-refractivity contribution in [3.05, 3.63) is 12.2 Å². The molecule has 0 amide bonds. The molecular formula is C18H26O6. The zero-order chi connectivity index (χ0) is 17.1. The fourth-order valence-corrected chi connectivity index (χ4v) is 5.52. The van der Waals surface area contributed by atoms with E-state index in [2.05, 4.69) is 26.0 Å². The standard InChI is InChI=1S/C18H26O6/c1-17(2)8-7-12(22-9-20-3)18-11(17)6-5-10-13(18)15(24-16(18)19)23-14(10)21-4/h5-6,10-15H,7-9H2,1-4H3/t10?,11-,12-,13+,14-,15+,18-/m0/s1. The van der Waals surface area contributed by atoms with Crippen LogP contribution in [-0.4, -0.2) is 45.7 Å². The van der Waals surface area contributed by atoms with Crippen LogP contribution in [0.4, 0.5) is 0 Å². The number of ether oxygens (including phenoxy) is 5. The van der Waals surface area contributed by atoms with Crippen molar-refractivity contribution in [3.63, 3.8) is 0 Å². The maximum atomic E-state index is 13.1. The average Bonchev–Trinajstić information content (AvgIpc) is 3.05. The summed E-state index contributed by atoms with van der Waals surface area (Å²) in [4.78, 5) is 13.1. The Bertz CT molecular complexity index is 558. The average molecular weight is 338 g/mol. The highest BCUT2D eigenvalue weighted by Gasteiger charge is 2.75. The van der Waals surface area contributed by atoms with Crippen molar-refractivity contribution in [1.29, 1.82) is 0 Å². The summed E-state index contributed by atoms with van der Waals surface area (Å²) in [6, 6.07) is 0. The lowest BCUT2D eigenvalue weighted by Crippen LogP contribution is -2.61. The summed E-state index contributed by atoms with van der Waals surface area (Å²) in [6.07, 6.45) is 4.96. The molecule has 1 spiro atoms. The second-order valence-corrected chi connectivity index (χ2v) is 8.00. The molecule has 6 heteroatoms. The highest BCUT2D eigenvalue weighted by atomic mass is 16.8. The van der Waals surface area contributed by atoms with Crippen LogP contribution >= 0.6 is 0 Å². The van der Waals surface area contributed by atoms with E-state index in [0.29, 0.717) is 0 Å². The predicted octanol–water partition coefficient (Wildman–Crippen LogP) is 2.09. The minimum atomic E-state index is -0.725. The molecule has 2 saturated heterocycles. The summed E-state index contributed by atoms with van der Waals surface area (Å²) in [5.74, 6) is -0.213. The second-order valence-electron chi connectivity index (χ2n) is 8.00. The molecule has 0 bridgehead atoms. The molecule has 0 aromatic rings. The molecule has 134 valence electrons. The zero-order valence-corrected chi connectivity index (χ0v) is 14.7. The monoisotopic (exact) mass is 338 g/mol. The van der Waals surface area contributed by atoms with Gasteiger partial charge in [-0.25, -0.2) is 0 Å². The Balaban J connectivity index is 1.82. The first-order valence-electron chi connectivity index (χ1n) is 8.65. The van der Waals surface area contributed by atoms with Gasteiger partial charge in [0.1, 0.15) is 12.2 Å². The normalized spacial score (nSPS) is 48.1. The van der Waals surface area contributed by atoms with Crippen LogP contribution in [-0.2, 0) is 28.5 Å². The maximum Gasteiger partial charge on any atom is 0.318 e. The van der Waals surface area contributed by atoms with Crippen LogP contribution in [0.15, 0.2) is 12.2 Å². The molecule has 1 saturated carbocycles. The van der Waals surface area contributed by atoms with Crippen molar-refractivity contribution in [2.24, 2.45) is 28.6 Å². The number of carbonyl (C=O) groups excluding carboxylic acids is 1. The Morgan fingerprint density at radius 3 is 2.79 bits per heavy atom. The van der Waals surface area contributed by atoms with Gasteiger partial charge >= 0.3 is 5.97 Å². The Labute approximate surface area is 142 Å². The molecule has 0 aromatic carbocycles. The highest BCUT2D eigenvalue weighted by Crippen LogP contribution is 2.66. The van der Waals surface area contributed by atoms with Gasteiger partial charge in [-0.2, -0.15) is 0 Å². The van der Waals surface area contributed by atoms with Crippen molar-refractivity contribution < 1.29 is 28.5 Å². The molecule has 0 aromatic heterocycles. The lowest BCUT2D eigenvalue weighted by Gasteiger charge is -2.55. The first kappa shape index (κ1) is 16.5. The number of allylic oxidation sites excluding steroid dienone is 1. The van der Waals surface area contributed by atoms with Crippen LogP contribution in [0.2, 0.25) is 0 Å². The van der Waals surface area contributed by atoms with Gasteiger partial charge in [-0.15, -0.1) is 0 Å². The minimum Gasteiger partial charge on any atom is -0.435 e. The largest absolute Gasteiger partial charge is 0.435 e. The third kappa shape index (κ3) is 1.94. The number of rotatable bonds is 4. The fraction of sp³-hybridized carbons (Fsp3) is 0.833. The Kier molecular flexibility index (Phi) is 3.80. The van der Waals surface area contributed by atoms with Crippen molar-refractivity contribution in [2.45, 2.75) is 45.4 Å². The van der Waals surface area contributed by atoms with Gasteiger partial charge in [-0.1, -0.05) is 26.0 Å². The molecule has 2 aliphatic carbocycles. The van der Waals surface area contributed by atoms with E-state index in [1.807, 2.05) is 0 Å². The molecule has 3 fully saturated rings. The van der Waals surface area contributed by atoms with Gasteiger partial charge in [0.05, 0.1) is 12.0 Å². The van der Waals surface area contributed by atoms with Gasteiger partial charge in [0.2, 0.25) is 6.29 Å². The molecule has 24 heavy (non-hydrogen) atoms. The van der Waals surface area contributed by atoms with E-state index in [-0.39, 0.29) is 48.3 Å². The summed E-state index contributed by atoms with van der Waals surface area (Å²) >= 11 is 0. The van der Waals surface area contributed by atoms with Gasteiger partial charge in [-0.3, -0.25) is 4.79 Å². The van der Waals surface area contributed by atoms with E-state index in [9.17, 15) is 4.79 Å². The maximum absolute atomic E-state index is 13.1. The third-order valence-electron chi connectivity index (χ3n) is 6.50. The van der Waals surface area contributed by atoms with E-state index >= 15 is 0 Å². The first-order valence-corrected chi connectivity index (χ1v) is 8.65. The van der Waals surface area contributed by atoms with Crippen LogP contribution in [0.1, 0.15) is 26.7 Å². The molecule has 4 rings (SSSR count). The smallest absolute Gasteiger partial charge is 0.318 e. The Morgan fingerprint density at radius 2 is 2.08 bits per heavy atom. The molecule has 7 atom stereocenters. The quantitative estimate of drug-likeness (QED) is 0.444. The second kappa shape index (κ2) is 5.53. The fourth-order valence-electron chi connectivity index (χ4n) is 5.52. The predicted molar refractivity (Wildman–Crippen MR) is 83.6 cm³/mol. The Hall–Kier alpha value is -0.950. The third-order valence-corrected chi connectivity index (χ3v) is 6.50. The topological polar surface area (TPSA) is 63.2 Å². The van der Waals surface area contributed by atoms with Gasteiger partial charge in [0, 0.05) is 26.1 Å². The van der Waals surface area contributed by atoms with Crippen molar-refractivity contribution in [1.82, 2.24) is 0 Å². The molecule has 4 aliphatic rings. The van der Waals surface area contributed by atoms with Crippen molar-refractivity contribution >= 4 is 5.97 Å². The number of methoxy groups -OCH3 is 2. The van der Waals surface area contributed by atoms with Gasteiger partial charge in [0.25, 0.3) is 0 Å². The summed E-state index contributed by atoms with van der Waals surface area (Å²) in [5.41, 5.74) is -0.731. The lowest BCUT2D eigenvalue weighted by molar-refractivity contribution is -0.209. The van der Waals surface area contributed by atoms with Crippen molar-refractivity contribution in [2.75, 3.05) is 21.0 Å². The molecule has 0 radical (unpaired) electrons. The summed E-state index contributed by atoms with van der Waals surface area (Å²) in [7, 11) is 3.23. The molecule has 0 N–H and O–H groups in total. The summed E-state index contributed by atoms with van der Waals surface area (Å²) in [5, 5.41) is 0. The van der Waals surface area contributed by atoms with Crippen molar-refractivity contribution in [3.8, 4) is 0 Å². The summed E-state index contributed by atoms with van der Waals surface area (Å²) in [6.45, 7) is 4.62. The van der Waals surface area contributed by atoms with E-state index < -0.39 is 11.7 Å². The van der Waals surface area contributed by atoms with Crippen LogP contribution in [0.3, 0.4) is 0 Å². The number of hydrogen-bond acceptors (Lipinski definition) is 6. The zero-order valence-electron chi connectivity index (χ0n) is 14.7. The molecule has 1 unspecified atom stereocenters. The number of carbonyl (C=O) groups is 1. The van der Waals surface area contributed by atoms with Crippen LogP contribution < -0.4 is 0 Å². The summed E-state index contributed by atoms with van der Waals surface area (Å²) < 4.78 is 28.2. The number of hydrogen-bond donors (Lipinski definition) is 0. The van der Waals surface area contributed by atoms with E-state index in [1.165, 1.54) is 0 Å². The van der Waals surface area contributed by atoms with Crippen LogP contribution in [0.5, 0.6) is 0 Å². The van der Waals surface area contributed by atoms with Gasteiger partial charge < -0.3 is 23.7 Å². The minimum absolute atomic E-state index is 0.00486. The molecule has 2 heterocycles. The molecule has 6 nitrogen and oxygen atoms in total. The molecular weight excluding hydrogens is 312 g/mol. The van der Waals surface area contributed by atoms with Crippen LogP contribution in [0.25, 0.3) is 0 Å². The van der Waals surface area contributed by atoms with E-state index in [4.69, 9.17) is 23.7 Å². The Morgan fingerprint density at radius 1 is 1.29 bits per heavy atom. The SMILES string of the molecule is COCO[C@H]1CCC(C)(C)[C@@H]2C=CC3[C@@H](OC)O[C@@H]4OC(=O)[C@]12[C@H]34.